The molecule has 30 heavy (non-hydrogen) atoms. The van der Waals surface area contributed by atoms with Gasteiger partial charge in [0, 0.05) is 0 Å². The first-order valence-corrected chi connectivity index (χ1v) is 9.98. The smallest absolute Gasteiger partial charge is 0.245 e. The Labute approximate surface area is 176 Å². The van der Waals surface area contributed by atoms with Crippen LogP contribution in [0, 0.1) is 0 Å². The van der Waals surface area contributed by atoms with Crippen LogP contribution in [0.3, 0.4) is 0 Å². The van der Waals surface area contributed by atoms with Crippen LogP contribution >= 0.6 is 0 Å². The van der Waals surface area contributed by atoms with E-state index in [0.29, 0.717) is 13.0 Å². The van der Waals surface area contributed by atoms with Gasteiger partial charge in [-0.2, -0.15) is 0 Å². The van der Waals surface area contributed by atoms with Gasteiger partial charge in [0.2, 0.25) is 5.91 Å². The van der Waals surface area contributed by atoms with E-state index in [-0.39, 0.29) is 6.42 Å². The van der Waals surface area contributed by atoms with Crippen molar-refractivity contribution in [3.8, 4) is 0 Å². The number of benzene rings is 3. The molecule has 0 bridgehead atoms. The monoisotopic (exact) mass is 401 g/mol. The summed E-state index contributed by atoms with van der Waals surface area (Å²) < 4.78 is 0. The van der Waals surface area contributed by atoms with E-state index in [1.54, 1.807) is 0 Å². The summed E-state index contributed by atoms with van der Waals surface area (Å²) in [5.74, 6) is -1.31. The number of primary amides is 1. The van der Waals surface area contributed by atoms with E-state index in [4.69, 9.17) is 17.2 Å². The van der Waals surface area contributed by atoms with Crippen LogP contribution in [-0.2, 0) is 15.0 Å². The second-order valence-electron chi connectivity index (χ2n) is 7.41. The molecule has 0 unspecified atom stereocenters. The van der Waals surface area contributed by atoms with Crippen molar-refractivity contribution in [2.24, 2.45) is 17.2 Å². The third-order valence-electron chi connectivity index (χ3n) is 5.58. The van der Waals surface area contributed by atoms with Gasteiger partial charge in [0.15, 0.2) is 11.3 Å². The molecule has 5 heteroatoms. The van der Waals surface area contributed by atoms with Crippen LogP contribution in [0.4, 0.5) is 0 Å². The molecule has 0 aliphatic heterocycles. The number of carbonyl (C=O) groups excluding carboxylic acids is 2. The zero-order valence-electron chi connectivity index (χ0n) is 16.8. The Hall–Kier alpha value is -3.28. The van der Waals surface area contributed by atoms with E-state index in [1.807, 2.05) is 91.0 Å². The predicted molar refractivity (Wildman–Crippen MR) is 119 cm³/mol. The normalized spacial score (nSPS) is 13.4. The number of ketones is 1. The molecule has 0 aliphatic carbocycles. The van der Waals surface area contributed by atoms with Crippen molar-refractivity contribution in [2.75, 3.05) is 6.54 Å². The molecule has 0 radical (unpaired) electrons. The lowest BCUT2D eigenvalue weighted by Gasteiger charge is -2.40. The Bertz CT molecular complexity index is 894. The zero-order valence-corrected chi connectivity index (χ0v) is 16.8. The minimum absolute atomic E-state index is 0.0753. The maximum Gasteiger partial charge on any atom is 0.245 e. The van der Waals surface area contributed by atoms with Gasteiger partial charge in [-0.05, 0) is 36.1 Å². The molecule has 3 rings (SSSR count). The summed E-state index contributed by atoms with van der Waals surface area (Å²) in [5, 5.41) is 0. The van der Waals surface area contributed by atoms with Crippen LogP contribution in [0.15, 0.2) is 91.0 Å². The lowest BCUT2D eigenvalue weighted by atomic mass is 9.61. The zero-order chi connectivity index (χ0) is 21.6. The summed E-state index contributed by atoms with van der Waals surface area (Å²) in [5.41, 5.74) is 16.8. The number of hydrogen-bond acceptors (Lipinski definition) is 4. The van der Waals surface area contributed by atoms with Crippen molar-refractivity contribution in [1.82, 2.24) is 0 Å². The Morgan fingerprint density at radius 3 is 1.37 bits per heavy atom. The van der Waals surface area contributed by atoms with Crippen molar-refractivity contribution in [1.29, 1.82) is 0 Å². The largest absolute Gasteiger partial charge is 0.368 e. The van der Waals surface area contributed by atoms with E-state index in [2.05, 4.69) is 0 Å². The quantitative estimate of drug-likeness (QED) is 0.378. The van der Waals surface area contributed by atoms with Crippen molar-refractivity contribution in [3.63, 3.8) is 0 Å². The van der Waals surface area contributed by atoms with Gasteiger partial charge in [-0.25, -0.2) is 0 Å². The number of rotatable bonds is 9. The topological polar surface area (TPSA) is 112 Å². The van der Waals surface area contributed by atoms with E-state index in [1.165, 1.54) is 0 Å². The Balaban J connectivity index is 2.39. The minimum Gasteiger partial charge on any atom is -0.368 e. The fourth-order valence-corrected chi connectivity index (χ4v) is 4.02. The minimum atomic E-state index is -1.87. The maximum absolute atomic E-state index is 14.4. The summed E-state index contributed by atoms with van der Waals surface area (Å²) >= 11 is 0. The molecule has 0 aromatic heterocycles. The molecule has 0 aliphatic rings. The SMILES string of the molecule is NCCC[C@](N)(C(N)=O)C(=O)C(c1ccccc1)(c1ccccc1)c1ccccc1. The fourth-order valence-electron chi connectivity index (χ4n) is 4.02. The van der Waals surface area contributed by atoms with E-state index >= 15 is 0 Å². The lowest BCUT2D eigenvalue weighted by molar-refractivity contribution is -0.136. The van der Waals surface area contributed by atoms with Gasteiger partial charge in [-0.15, -0.1) is 0 Å². The average molecular weight is 402 g/mol. The summed E-state index contributed by atoms with van der Waals surface area (Å²) in [7, 11) is 0. The molecule has 1 amide bonds. The van der Waals surface area contributed by atoms with Crippen molar-refractivity contribution >= 4 is 11.7 Å². The number of hydrogen-bond donors (Lipinski definition) is 3. The van der Waals surface area contributed by atoms with E-state index in [9.17, 15) is 9.59 Å². The van der Waals surface area contributed by atoms with Crippen molar-refractivity contribution < 1.29 is 9.59 Å². The van der Waals surface area contributed by atoms with Crippen LogP contribution in [-0.4, -0.2) is 23.8 Å². The molecule has 0 saturated heterocycles. The number of carbonyl (C=O) groups is 2. The maximum atomic E-state index is 14.4. The molecule has 5 nitrogen and oxygen atoms in total. The standard InChI is InChI=1S/C25H27N3O2/c26-18-10-17-24(28,23(27)30)22(29)25(19-11-4-1-5-12-19,20-13-6-2-7-14-20)21-15-8-3-9-16-21/h1-9,11-16H,10,17-18,26,28H2,(H2,27,30)/t24-/m1/s1. The predicted octanol–water partition coefficient (Wildman–Crippen LogP) is 2.51. The van der Waals surface area contributed by atoms with Crippen LogP contribution in [0.2, 0.25) is 0 Å². The molecular formula is C25H27N3O2. The molecule has 0 fully saturated rings. The average Bonchev–Trinajstić information content (AvgIpc) is 2.80. The van der Waals surface area contributed by atoms with Gasteiger partial charge >= 0.3 is 0 Å². The second kappa shape index (κ2) is 9.03. The fraction of sp³-hybridized carbons (Fsp3) is 0.200. The van der Waals surface area contributed by atoms with Crippen LogP contribution < -0.4 is 17.2 Å². The molecule has 3 aromatic carbocycles. The molecule has 0 saturated carbocycles. The number of amides is 1. The molecule has 3 aromatic rings. The highest BCUT2D eigenvalue weighted by atomic mass is 16.2. The first kappa shape index (κ1) is 21.4. The summed E-state index contributed by atoms with van der Waals surface area (Å²) in [4.78, 5) is 26.9. The number of nitrogens with two attached hydrogens (primary N) is 3. The van der Waals surface area contributed by atoms with Crippen molar-refractivity contribution in [2.45, 2.75) is 23.8 Å². The van der Waals surface area contributed by atoms with E-state index < -0.39 is 22.6 Å². The third kappa shape index (κ3) is 3.65. The molecule has 1 atom stereocenters. The van der Waals surface area contributed by atoms with Gasteiger partial charge in [-0.1, -0.05) is 91.0 Å². The third-order valence-corrected chi connectivity index (χ3v) is 5.58. The molecule has 0 spiro atoms. The highest BCUT2D eigenvalue weighted by molar-refractivity contribution is 6.17. The van der Waals surface area contributed by atoms with Gasteiger partial charge in [0.05, 0.1) is 0 Å². The van der Waals surface area contributed by atoms with Gasteiger partial charge < -0.3 is 17.2 Å². The Morgan fingerprint density at radius 1 is 0.700 bits per heavy atom. The molecule has 154 valence electrons. The van der Waals surface area contributed by atoms with Gasteiger partial charge in [0.1, 0.15) is 5.41 Å². The van der Waals surface area contributed by atoms with Gasteiger partial charge in [0.25, 0.3) is 0 Å². The summed E-state index contributed by atoms with van der Waals surface area (Å²) in [6.45, 7) is 0.300. The van der Waals surface area contributed by atoms with E-state index in [0.717, 1.165) is 16.7 Å². The Kier molecular flexibility index (Phi) is 6.45. The summed E-state index contributed by atoms with van der Waals surface area (Å²) in [6.07, 6.45) is 0.478. The molecular weight excluding hydrogens is 374 g/mol. The first-order valence-electron chi connectivity index (χ1n) is 9.98. The van der Waals surface area contributed by atoms with Crippen LogP contribution in [0.1, 0.15) is 29.5 Å². The highest BCUT2D eigenvalue weighted by Gasteiger charge is 2.54. The van der Waals surface area contributed by atoms with Crippen LogP contribution in [0.5, 0.6) is 0 Å². The molecule has 0 heterocycles. The summed E-state index contributed by atoms with van der Waals surface area (Å²) in [6, 6.07) is 28.1. The Morgan fingerprint density at radius 2 is 1.07 bits per heavy atom. The van der Waals surface area contributed by atoms with Gasteiger partial charge in [-0.3, -0.25) is 9.59 Å². The van der Waals surface area contributed by atoms with Crippen molar-refractivity contribution in [3.05, 3.63) is 108 Å². The lowest BCUT2D eigenvalue weighted by Crippen LogP contribution is -2.64. The first-order chi connectivity index (χ1) is 14.5. The highest BCUT2D eigenvalue weighted by Crippen LogP contribution is 2.43. The number of Topliss-reactive ketones (excluding diaryl/α,β-unsaturated/α-hetero) is 1. The van der Waals surface area contributed by atoms with Crippen LogP contribution in [0.25, 0.3) is 0 Å². The second-order valence-corrected chi connectivity index (χ2v) is 7.41. The molecule has 6 N–H and O–H groups in total.